The van der Waals surface area contributed by atoms with E-state index in [2.05, 4.69) is 0 Å². The van der Waals surface area contributed by atoms with Gasteiger partial charge >= 0.3 is 0 Å². The molecule has 12 heavy (non-hydrogen) atoms. The Morgan fingerprint density at radius 3 is 2.50 bits per heavy atom. The molecule has 1 aliphatic rings. The van der Waals surface area contributed by atoms with Crippen LogP contribution < -0.4 is 0 Å². The molecule has 0 aliphatic carbocycles. The molecule has 0 radical (unpaired) electrons. The molecule has 1 fully saturated rings. The molecule has 1 atom stereocenters. The second-order valence-corrected chi connectivity index (χ2v) is 3.40. The molecule has 4 heteroatoms. The van der Waals surface area contributed by atoms with Gasteiger partial charge in [0.15, 0.2) is 5.67 Å². The Balaban J connectivity index is 2.35. The molecule has 0 spiro atoms. The van der Waals surface area contributed by atoms with Gasteiger partial charge in [0, 0.05) is 13.2 Å². The molecule has 0 aromatic carbocycles. The van der Waals surface area contributed by atoms with E-state index in [-0.39, 0.29) is 12.3 Å². The lowest BCUT2D eigenvalue weighted by atomic mass is 9.92. The largest absolute Gasteiger partial charge is 0.393 e. The fourth-order valence-electron chi connectivity index (χ4n) is 1.44. The molecular formula is C8H15FO3. The molecule has 72 valence electrons. The maximum absolute atomic E-state index is 13.3. The standard InChI is InChI=1S/C8H15FO3/c9-8(5-10,6-11)3-7-1-2-12-4-7/h7,10-11H,1-6H2. The Kier molecular flexibility index (Phi) is 3.43. The summed E-state index contributed by atoms with van der Waals surface area (Å²) in [6, 6.07) is 0. The van der Waals surface area contributed by atoms with E-state index >= 15 is 0 Å². The lowest BCUT2D eigenvalue weighted by Gasteiger charge is -2.22. The van der Waals surface area contributed by atoms with Gasteiger partial charge in [-0.15, -0.1) is 0 Å². The molecule has 1 aliphatic heterocycles. The second-order valence-electron chi connectivity index (χ2n) is 3.40. The topological polar surface area (TPSA) is 49.7 Å². The van der Waals surface area contributed by atoms with Crippen molar-refractivity contribution in [2.45, 2.75) is 18.5 Å². The minimum Gasteiger partial charge on any atom is -0.393 e. The molecule has 0 bridgehead atoms. The predicted molar refractivity (Wildman–Crippen MR) is 41.6 cm³/mol. The number of alkyl halides is 1. The average molecular weight is 178 g/mol. The van der Waals surface area contributed by atoms with Crippen LogP contribution in [0.4, 0.5) is 4.39 Å². The van der Waals surface area contributed by atoms with Gasteiger partial charge in [-0.2, -0.15) is 0 Å². The summed E-state index contributed by atoms with van der Waals surface area (Å²) >= 11 is 0. The average Bonchev–Trinajstić information content (AvgIpc) is 2.57. The van der Waals surface area contributed by atoms with Gasteiger partial charge < -0.3 is 14.9 Å². The number of hydrogen-bond acceptors (Lipinski definition) is 3. The molecule has 1 heterocycles. The molecular weight excluding hydrogens is 163 g/mol. The number of aliphatic hydroxyl groups is 2. The highest BCUT2D eigenvalue weighted by molar-refractivity contribution is 4.82. The fourth-order valence-corrected chi connectivity index (χ4v) is 1.44. The van der Waals surface area contributed by atoms with Crippen LogP contribution >= 0.6 is 0 Å². The SMILES string of the molecule is OCC(F)(CO)CC1CCOC1. The van der Waals surface area contributed by atoms with Crippen molar-refractivity contribution in [2.24, 2.45) is 5.92 Å². The van der Waals surface area contributed by atoms with Crippen LogP contribution in [0.25, 0.3) is 0 Å². The Bertz CT molecular complexity index is 130. The monoisotopic (exact) mass is 178 g/mol. The van der Waals surface area contributed by atoms with Crippen molar-refractivity contribution >= 4 is 0 Å². The lowest BCUT2D eigenvalue weighted by molar-refractivity contribution is -0.00335. The highest BCUT2D eigenvalue weighted by Gasteiger charge is 2.33. The van der Waals surface area contributed by atoms with Crippen LogP contribution in [0.3, 0.4) is 0 Å². The first kappa shape index (κ1) is 9.89. The van der Waals surface area contributed by atoms with E-state index in [0.717, 1.165) is 6.42 Å². The van der Waals surface area contributed by atoms with Crippen LogP contribution in [0.15, 0.2) is 0 Å². The Morgan fingerprint density at radius 2 is 2.08 bits per heavy atom. The first-order valence-electron chi connectivity index (χ1n) is 4.18. The predicted octanol–water partition coefficient (Wildman–Crippen LogP) is 0.106. The summed E-state index contributed by atoms with van der Waals surface area (Å²) in [6.07, 6.45) is 1.02. The third-order valence-corrected chi connectivity index (χ3v) is 2.25. The van der Waals surface area contributed by atoms with Crippen LogP contribution in [0.5, 0.6) is 0 Å². The zero-order valence-electron chi connectivity index (χ0n) is 7.00. The summed E-state index contributed by atoms with van der Waals surface area (Å²) < 4.78 is 18.4. The Hall–Kier alpha value is -0.190. The smallest absolute Gasteiger partial charge is 0.157 e. The zero-order chi connectivity index (χ0) is 9.03. The molecule has 1 saturated heterocycles. The number of halogens is 1. The van der Waals surface area contributed by atoms with E-state index in [1.165, 1.54) is 0 Å². The molecule has 2 N–H and O–H groups in total. The molecule has 0 aromatic rings. The van der Waals surface area contributed by atoms with Gasteiger partial charge in [0.05, 0.1) is 13.2 Å². The van der Waals surface area contributed by atoms with Crippen molar-refractivity contribution < 1.29 is 19.3 Å². The molecule has 3 nitrogen and oxygen atoms in total. The second kappa shape index (κ2) is 4.16. The van der Waals surface area contributed by atoms with Crippen LogP contribution in [0.2, 0.25) is 0 Å². The van der Waals surface area contributed by atoms with E-state index in [0.29, 0.717) is 13.2 Å². The minimum absolute atomic E-state index is 0.147. The zero-order valence-corrected chi connectivity index (χ0v) is 7.00. The molecule has 0 aromatic heterocycles. The van der Waals surface area contributed by atoms with Gasteiger partial charge in [-0.05, 0) is 18.8 Å². The van der Waals surface area contributed by atoms with Crippen molar-refractivity contribution in [2.75, 3.05) is 26.4 Å². The van der Waals surface area contributed by atoms with E-state index < -0.39 is 18.9 Å². The first-order valence-corrected chi connectivity index (χ1v) is 4.18. The maximum atomic E-state index is 13.3. The highest BCUT2D eigenvalue weighted by atomic mass is 19.1. The third kappa shape index (κ3) is 2.40. The van der Waals surface area contributed by atoms with Crippen molar-refractivity contribution in [3.8, 4) is 0 Å². The number of ether oxygens (including phenoxy) is 1. The van der Waals surface area contributed by atoms with Crippen molar-refractivity contribution in [1.82, 2.24) is 0 Å². The maximum Gasteiger partial charge on any atom is 0.157 e. The van der Waals surface area contributed by atoms with Gasteiger partial charge in [0.1, 0.15) is 0 Å². The van der Waals surface area contributed by atoms with Crippen molar-refractivity contribution in [3.05, 3.63) is 0 Å². The number of hydrogen-bond donors (Lipinski definition) is 2. The summed E-state index contributed by atoms with van der Waals surface area (Å²) in [4.78, 5) is 0. The van der Waals surface area contributed by atoms with Crippen LogP contribution in [-0.4, -0.2) is 42.3 Å². The van der Waals surface area contributed by atoms with E-state index in [1.807, 2.05) is 0 Å². The molecule has 1 unspecified atom stereocenters. The Morgan fingerprint density at radius 1 is 1.42 bits per heavy atom. The number of rotatable bonds is 4. The van der Waals surface area contributed by atoms with Crippen molar-refractivity contribution in [3.63, 3.8) is 0 Å². The third-order valence-electron chi connectivity index (χ3n) is 2.25. The van der Waals surface area contributed by atoms with E-state index in [1.54, 1.807) is 0 Å². The number of aliphatic hydroxyl groups excluding tert-OH is 2. The van der Waals surface area contributed by atoms with Gasteiger partial charge in [0.25, 0.3) is 0 Å². The molecule has 0 amide bonds. The quantitative estimate of drug-likeness (QED) is 0.642. The summed E-state index contributed by atoms with van der Waals surface area (Å²) in [6.45, 7) is -0.0106. The molecule has 0 saturated carbocycles. The fraction of sp³-hybridized carbons (Fsp3) is 1.00. The van der Waals surface area contributed by atoms with Crippen LogP contribution in [0, 0.1) is 5.92 Å². The van der Waals surface area contributed by atoms with E-state index in [4.69, 9.17) is 14.9 Å². The van der Waals surface area contributed by atoms with E-state index in [9.17, 15) is 4.39 Å². The summed E-state index contributed by atoms with van der Waals surface area (Å²) in [5.41, 5.74) is -1.82. The normalized spacial score (nSPS) is 24.8. The van der Waals surface area contributed by atoms with Gasteiger partial charge in [-0.25, -0.2) is 4.39 Å². The van der Waals surface area contributed by atoms with Gasteiger partial charge in [-0.1, -0.05) is 0 Å². The van der Waals surface area contributed by atoms with Crippen molar-refractivity contribution in [1.29, 1.82) is 0 Å². The lowest BCUT2D eigenvalue weighted by Crippen LogP contribution is -2.35. The van der Waals surface area contributed by atoms with Crippen LogP contribution in [0.1, 0.15) is 12.8 Å². The summed E-state index contributed by atoms with van der Waals surface area (Å²) in [5, 5.41) is 17.3. The Labute approximate surface area is 71.2 Å². The first-order chi connectivity index (χ1) is 5.70. The van der Waals surface area contributed by atoms with Crippen LogP contribution in [-0.2, 0) is 4.74 Å². The minimum atomic E-state index is -1.82. The van der Waals surface area contributed by atoms with Gasteiger partial charge in [-0.3, -0.25) is 0 Å². The summed E-state index contributed by atoms with van der Waals surface area (Å²) in [5.74, 6) is 0.147. The van der Waals surface area contributed by atoms with Gasteiger partial charge in [0.2, 0.25) is 0 Å². The molecule has 1 rings (SSSR count). The highest BCUT2D eigenvalue weighted by Crippen LogP contribution is 2.26. The summed E-state index contributed by atoms with van der Waals surface area (Å²) in [7, 11) is 0.